The molecular formula is C27H24Cl2F3N3O3. The van der Waals surface area contributed by atoms with Gasteiger partial charge in [0.05, 0.1) is 30.9 Å². The van der Waals surface area contributed by atoms with Crippen LogP contribution < -0.4 is 4.74 Å². The molecule has 2 unspecified atom stereocenters. The number of carbonyl (C=O) groups excluding carboxylic acids is 1. The Morgan fingerprint density at radius 2 is 1.58 bits per heavy atom. The highest BCUT2D eigenvalue weighted by molar-refractivity contribution is 6.30. The number of urea groups is 1. The zero-order valence-electron chi connectivity index (χ0n) is 20.7. The average Bonchev–Trinajstić information content (AvgIpc) is 3.28. The number of benzene rings is 3. The van der Waals surface area contributed by atoms with Gasteiger partial charge in [-0.25, -0.2) is 9.86 Å². The molecule has 38 heavy (non-hydrogen) atoms. The van der Waals surface area contributed by atoms with E-state index < -0.39 is 29.9 Å². The van der Waals surface area contributed by atoms with Gasteiger partial charge in [-0.2, -0.15) is 13.2 Å². The predicted octanol–water partition coefficient (Wildman–Crippen LogP) is 7.57. The van der Waals surface area contributed by atoms with E-state index in [9.17, 15) is 18.0 Å². The topological polar surface area (TPSA) is 54.4 Å². The number of ether oxygens (including phenoxy) is 1. The first-order chi connectivity index (χ1) is 18.0. The van der Waals surface area contributed by atoms with Gasteiger partial charge in [0.15, 0.2) is 0 Å². The minimum absolute atomic E-state index is 0.0504. The Labute approximate surface area is 228 Å². The minimum atomic E-state index is -4.58. The van der Waals surface area contributed by atoms with E-state index in [1.54, 1.807) is 55.5 Å². The van der Waals surface area contributed by atoms with Gasteiger partial charge in [0.1, 0.15) is 17.6 Å². The quantitative estimate of drug-likeness (QED) is 0.289. The van der Waals surface area contributed by atoms with E-state index in [1.165, 1.54) is 25.1 Å². The van der Waals surface area contributed by atoms with Gasteiger partial charge in [-0.3, -0.25) is 14.7 Å². The van der Waals surface area contributed by atoms with Crippen molar-refractivity contribution in [1.29, 1.82) is 0 Å². The fraction of sp³-hybridized carbons (Fsp3) is 0.259. The van der Waals surface area contributed by atoms with Crippen molar-refractivity contribution in [3.8, 4) is 5.75 Å². The Morgan fingerprint density at radius 1 is 1.00 bits per heavy atom. The van der Waals surface area contributed by atoms with Crippen LogP contribution in [0.5, 0.6) is 5.75 Å². The fourth-order valence-electron chi connectivity index (χ4n) is 4.24. The molecule has 0 fully saturated rings. The van der Waals surface area contributed by atoms with Crippen LogP contribution in [0.4, 0.5) is 18.0 Å². The number of amides is 2. The van der Waals surface area contributed by atoms with E-state index in [2.05, 4.69) is 0 Å². The number of rotatable bonds is 6. The molecule has 0 aliphatic carbocycles. The van der Waals surface area contributed by atoms with Crippen molar-refractivity contribution >= 4 is 35.1 Å². The van der Waals surface area contributed by atoms with Crippen LogP contribution in [0.3, 0.4) is 0 Å². The lowest BCUT2D eigenvalue weighted by atomic mass is 9.94. The molecule has 0 aromatic heterocycles. The molecule has 1 aliphatic rings. The molecule has 0 radical (unpaired) electrons. The molecule has 0 bridgehead atoms. The normalized spacial score (nSPS) is 17.4. The van der Waals surface area contributed by atoms with Crippen molar-refractivity contribution < 1.29 is 27.5 Å². The van der Waals surface area contributed by atoms with E-state index >= 15 is 0 Å². The monoisotopic (exact) mass is 565 g/mol. The molecule has 4 rings (SSSR count). The molecule has 2 amide bonds. The second-order valence-electron chi connectivity index (χ2n) is 8.42. The average molecular weight is 566 g/mol. The van der Waals surface area contributed by atoms with Crippen LogP contribution in [-0.2, 0) is 11.0 Å². The lowest BCUT2D eigenvalue weighted by Crippen LogP contribution is -2.44. The number of carbonyl (C=O) groups is 1. The molecule has 0 saturated carbocycles. The Kier molecular flexibility index (Phi) is 8.20. The molecule has 6 nitrogen and oxygen atoms in total. The number of hydrogen-bond donors (Lipinski definition) is 0. The van der Waals surface area contributed by atoms with Crippen LogP contribution in [0.15, 0.2) is 71.7 Å². The van der Waals surface area contributed by atoms with Gasteiger partial charge in [0.25, 0.3) is 0 Å². The molecule has 3 aromatic carbocycles. The van der Waals surface area contributed by atoms with E-state index in [-0.39, 0.29) is 23.8 Å². The van der Waals surface area contributed by atoms with Crippen LogP contribution in [-0.4, -0.2) is 42.6 Å². The summed E-state index contributed by atoms with van der Waals surface area (Å²) in [7, 11) is 2.77. The van der Waals surface area contributed by atoms with Crippen molar-refractivity contribution in [3.05, 3.63) is 99.0 Å². The molecule has 0 spiro atoms. The first-order valence-corrected chi connectivity index (χ1v) is 12.3. The zero-order chi connectivity index (χ0) is 27.6. The number of hydrogen-bond acceptors (Lipinski definition) is 4. The van der Waals surface area contributed by atoms with Gasteiger partial charge in [-0.05, 0) is 60.5 Å². The zero-order valence-corrected chi connectivity index (χ0v) is 22.2. The first-order valence-electron chi connectivity index (χ1n) is 11.6. The third kappa shape index (κ3) is 5.60. The summed E-state index contributed by atoms with van der Waals surface area (Å²) in [5.74, 6) is 0.0848. The van der Waals surface area contributed by atoms with Gasteiger partial charge in [0.2, 0.25) is 0 Å². The Bertz CT molecular complexity index is 1330. The molecule has 1 aliphatic heterocycles. The van der Waals surface area contributed by atoms with E-state index in [0.717, 1.165) is 22.8 Å². The lowest BCUT2D eigenvalue weighted by molar-refractivity contribution is -0.137. The van der Waals surface area contributed by atoms with Crippen molar-refractivity contribution in [3.63, 3.8) is 0 Å². The highest BCUT2D eigenvalue weighted by atomic mass is 35.5. The van der Waals surface area contributed by atoms with Crippen LogP contribution in [0.2, 0.25) is 10.0 Å². The Hall–Kier alpha value is -3.27. The molecular weight excluding hydrogens is 542 g/mol. The summed E-state index contributed by atoms with van der Waals surface area (Å²) in [4.78, 5) is 25.2. The Balaban J connectivity index is 1.96. The number of halogens is 5. The fourth-order valence-corrected chi connectivity index (χ4v) is 4.49. The van der Waals surface area contributed by atoms with Crippen molar-refractivity contribution in [2.24, 2.45) is 4.99 Å². The highest BCUT2D eigenvalue weighted by Gasteiger charge is 2.44. The molecule has 2 atom stereocenters. The summed E-state index contributed by atoms with van der Waals surface area (Å²) >= 11 is 12.2. The number of alkyl halides is 3. The summed E-state index contributed by atoms with van der Waals surface area (Å²) in [5.41, 5.74) is 0.801. The van der Waals surface area contributed by atoms with Crippen molar-refractivity contribution in [2.75, 3.05) is 20.8 Å². The summed E-state index contributed by atoms with van der Waals surface area (Å²) in [6.07, 6.45) is -4.58. The maximum absolute atomic E-state index is 13.7. The molecule has 0 saturated heterocycles. The molecule has 0 N–H and O–H groups in total. The van der Waals surface area contributed by atoms with Gasteiger partial charge < -0.3 is 4.74 Å². The molecule has 1 heterocycles. The second-order valence-corrected chi connectivity index (χ2v) is 9.29. The maximum atomic E-state index is 13.7. The van der Waals surface area contributed by atoms with E-state index in [1.807, 2.05) is 0 Å². The number of hydroxylamine groups is 2. The van der Waals surface area contributed by atoms with Crippen molar-refractivity contribution in [2.45, 2.75) is 25.2 Å². The summed E-state index contributed by atoms with van der Waals surface area (Å²) in [6, 6.07) is 15.2. The van der Waals surface area contributed by atoms with E-state index in [0.29, 0.717) is 15.6 Å². The van der Waals surface area contributed by atoms with Gasteiger partial charge in [-0.15, -0.1) is 0 Å². The summed E-state index contributed by atoms with van der Waals surface area (Å²) in [5, 5.41) is 2.05. The number of nitrogens with zero attached hydrogens (tertiary/aromatic N) is 3. The third-order valence-electron chi connectivity index (χ3n) is 6.09. The molecule has 3 aromatic rings. The van der Waals surface area contributed by atoms with Gasteiger partial charge in [-0.1, -0.05) is 47.5 Å². The van der Waals surface area contributed by atoms with Gasteiger partial charge in [0, 0.05) is 17.1 Å². The largest absolute Gasteiger partial charge is 0.493 e. The van der Waals surface area contributed by atoms with Crippen LogP contribution in [0, 0.1) is 0 Å². The second kappa shape index (κ2) is 11.2. The molecule has 200 valence electrons. The standard InChI is InChI=1S/C27H24Cl2F3N3O3/c1-4-38-22-15-18(27(30,31)32)9-14-21(22)25-33-23(16-5-10-19(28)11-6-16)24(17-7-12-20(29)13-8-17)35(25)26(36)34(2)37-3/h5-15,23-24H,4H2,1-3H3. The lowest BCUT2D eigenvalue weighted by Gasteiger charge is -2.32. The van der Waals surface area contributed by atoms with Gasteiger partial charge >= 0.3 is 12.2 Å². The van der Waals surface area contributed by atoms with Crippen molar-refractivity contribution in [1.82, 2.24) is 9.96 Å². The third-order valence-corrected chi connectivity index (χ3v) is 6.59. The number of amidine groups is 1. The minimum Gasteiger partial charge on any atom is -0.493 e. The summed E-state index contributed by atoms with van der Waals surface area (Å²) < 4.78 is 46.1. The van der Waals surface area contributed by atoms with Crippen LogP contribution in [0.25, 0.3) is 0 Å². The number of aliphatic imine (C=N–C) groups is 1. The summed E-state index contributed by atoms with van der Waals surface area (Å²) in [6.45, 7) is 1.77. The van der Waals surface area contributed by atoms with Crippen LogP contribution in [0.1, 0.15) is 41.3 Å². The highest BCUT2D eigenvalue weighted by Crippen LogP contribution is 2.46. The smallest absolute Gasteiger partial charge is 0.416 e. The molecule has 11 heteroatoms. The maximum Gasteiger partial charge on any atom is 0.416 e. The first kappa shape index (κ1) is 27.8. The Morgan fingerprint density at radius 3 is 2.11 bits per heavy atom. The van der Waals surface area contributed by atoms with Crippen LogP contribution >= 0.6 is 23.2 Å². The SMILES string of the molecule is CCOc1cc(C(F)(F)F)ccc1C1=NC(c2ccc(Cl)cc2)C(c2ccc(Cl)cc2)N1C(=O)N(C)OC. The van der Waals surface area contributed by atoms with E-state index in [4.69, 9.17) is 37.8 Å². The predicted molar refractivity (Wildman–Crippen MR) is 140 cm³/mol.